The quantitative estimate of drug-likeness (QED) is 0.741. The van der Waals surface area contributed by atoms with Crippen molar-refractivity contribution in [3.05, 3.63) is 36.2 Å². The zero-order chi connectivity index (χ0) is 16.5. The molecule has 0 amide bonds. The van der Waals surface area contributed by atoms with E-state index in [0.717, 1.165) is 44.3 Å². The van der Waals surface area contributed by atoms with Crippen LogP contribution in [0.5, 0.6) is 0 Å². The zero-order valence-corrected chi connectivity index (χ0v) is 13.9. The second-order valence-corrected chi connectivity index (χ2v) is 5.45. The van der Waals surface area contributed by atoms with Gasteiger partial charge in [-0.25, -0.2) is 0 Å². The molecule has 0 fully saturated rings. The third-order valence-electron chi connectivity index (χ3n) is 3.60. The Kier molecular flexibility index (Phi) is 6.49. The molecule has 23 heavy (non-hydrogen) atoms. The van der Waals surface area contributed by atoms with E-state index < -0.39 is 0 Å². The number of aromatic nitrogens is 3. The Morgan fingerprint density at radius 3 is 2.17 bits per heavy atom. The van der Waals surface area contributed by atoms with Crippen LogP contribution in [0.1, 0.15) is 45.4 Å². The van der Waals surface area contributed by atoms with Crippen LogP contribution < -0.4 is 4.90 Å². The highest BCUT2D eigenvalue weighted by atomic mass is 15.3. The minimum atomic E-state index is 0.173. The van der Waals surface area contributed by atoms with Crippen molar-refractivity contribution in [1.82, 2.24) is 15.0 Å². The van der Waals surface area contributed by atoms with E-state index in [-0.39, 0.29) is 5.82 Å². The zero-order valence-electron chi connectivity index (χ0n) is 13.9. The van der Waals surface area contributed by atoms with Crippen LogP contribution in [0.4, 0.5) is 5.95 Å². The first-order valence-electron chi connectivity index (χ1n) is 8.25. The average molecular weight is 309 g/mol. The lowest BCUT2D eigenvalue weighted by molar-refractivity contribution is 0.661. The lowest BCUT2D eigenvalue weighted by Crippen LogP contribution is -2.28. The average Bonchev–Trinajstić information content (AvgIpc) is 2.62. The predicted molar refractivity (Wildman–Crippen MR) is 92.0 cm³/mol. The van der Waals surface area contributed by atoms with Gasteiger partial charge in [0.1, 0.15) is 6.07 Å². The molecule has 2 rings (SSSR count). The van der Waals surface area contributed by atoms with Gasteiger partial charge in [-0.2, -0.15) is 20.2 Å². The number of unbranched alkanes of at least 4 members (excludes halogenated alkanes) is 2. The fourth-order valence-electron chi connectivity index (χ4n) is 2.28. The highest BCUT2D eigenvalue weighted by molar-refractivity contribution is 5.56. The summed E-state index contributed by atoms with van der Waals surface area (Å²) in [6, 6.07) is 11.8. The fourth-order valence-corrected chi connectivity index (χ4v) is 2.28. The Balaban J connectivity index is 2.37. The van der Waals surface area contributed by atoms with E-state index in [1.54, 1.807) is 0 Å². The molecule has 0 saturated heterocycles. The molecule has 0 atom stereocenters. The molecule has 0 aliphatic carbocycles. The summed E-state index contributed by atoms with van der Waals surface area (Å²) in [5, 5.41) is 9.25. The molecule has 0 aliphatic rings. The second-order valence-electron chi connectivity index (χ2n) is 5.45. The predicted octanol–water partition coefficient (Wildman–Crippen LogP) is 3.82. The molecule has 2 aromatic rings. The third kappa shape index (κ3) is 4.75. The number of nitriles is 1. The first kappa shape index (κ1) is 16.9. The van der Waals surface area contributed by atoms with Crippen molar-refractivity contribution in [2.45, 2.75) is 39.5 Å². The van der Waals surface area contributed by atoms with Crippen molar-refractivity contribution in [2.24, 2.45) is 0 Å². The van der Waals surface area contributed by atoms with Gasteiger partial charge in [0.15, 0.2) is 5.82 Å². The van der Waals surface area contributed by atoms with E-state index in [9.17, 15) is 5.26 Å². The molecule has 5 heteroatoms. The molecular formula is C18H23N5. The van der Waals surface area contributed by atoms with Gasteiger partial charge in [0, 0.05) is 18.7 Å². The SMILES string of the molecule is CCCCN(CCCC)c1nc(C#N)nc(-c2ccccc2)n1. The molecule has 0 bridgehead atoms. The van der Waals surface area contributed by atoms with Gasteiger partial charge in [-0.15, -0.1) is 0 Å². The molecule has 0 unspecified atom stereocenters. The number of benzene rings is 1. The van der Waals surface area contributed by atoms with Crippen molar-refractivity contribution < 1.29 is 0 Å². The molecule has 5 nitrogen and oxygen atoms in total. The maximum Gasteiger partial charge on any atom is 0.237 e. The molecule has 0 N–H and O–H groups in total. The summed E-state index contributed by atoms with van der Waals surface area (Å²) in [4.78, 5) is 15.4. The van der Waals surface area contributed by atoms with E-state index in [1.807, 2.05) is 30.3 Å². The molecule has 0 radical (unpaired) electrons. The molecule has 1 aromatic carbocycles. The summed E-state index contributed by atoms with van der Waals surface area (Å²) in [6.07, 6.45) is 4.39. The van der Waals surface area contributed by atoms with Gasteiger partial charge in [-0.3, -0.25) is 0 Å². The number of nitrogens with zero attached hydrogens (tertiary/aromatic N) is 5. The van der Waals surface area contributed by atoms with Gasteiger partial charge in [-0.1, -0.05) is 57.0 Å². The number of rotatable bonds is 8. The third-order valence-corrected chi connectivity index (χ3v) is 3.60. The molecule has 1 aromatic heterocycles. The summed E-state index contributed by atoms with van der Waals surface area (Å²) in [6.45, 7) is 6.14. The van der Waals surface area contributed by atoms with Crippen LogP contribution in [0.3, 0.4) is 0 Å². The summed E-state index contributed by atoms with van der Waals surface area (Å²) >= 11 is 0. The molecule has 1 heterocycles. The van der Waals surface area contributed by atoms with Gasteiger partial charge in [0.25, 0.3) is 0 Å². The number of anilines is 1. The van der Waals surface area contributed by atoms with E-state index in [0.29, 0.717) is 11.8 Å². The van der Waals surface area contributed by atoms with Crippen molar-refractivity contribution in [3.63, 3.8) is 0 Å². The maximum atomic E-state index is 9.25. The van der Waals surface area contributed by atoms with Crippen molar-refractivity contribution in [1.29, 1.82) is 5.26 Å². The van der Waals surface area contributed by atoms with Crippen molar-refractivity contribution in [2.75, 3.05) is 18.0 Å². The van der Waals surface area contributed by atoms with E-state index in [2.05, 4.69) is 39.8 Å². The maximum absolute atomic E-state index is 9.25. The first-order valence-corrected chi connectivity index (χ1v) is 8.25. The summed E-state index contributed by atoms with van der Waals surface area (Å²) in [7, 11) is 0. The molecule has 120 valence electrons. The highest BCUT2D eigenvalue weighted by Crippen LogP contribution is 2.18. The van der Waals surface area contributed by atoms with Crippen LogP contribution in [0.15, 0.2) is 30.3 Å². The van der Waals surface area contributed by atoms with Gasteiger partial charge in [0.2, 0.25) is 11.8 Å². The van der Waals surface area contributed by atoms with Crippen LogP contribution in [0, 0.1) is 11.3 Å². The minimum absolute atomic E-state index is 0.173. The molecule has 0 spiro atoms. The largest absolute Gasteiger partial charge is 0.341 e. The van der Waals surface area contributed by atoms with Gasteiger partial charge < -0.3 is 4.90 Å². The fraction of sp³-hybridized carbons (Fsp3) is 0.444. The summed E-state index contributed by atoms with van der Waals surface area (Å²) in [5.41, 5.74) is 0.901. The first-order chi connectivity index (χ1) is 11.3. The van der Waals surface area contributed by atoms with Crippen LogP contribution in [-0.4, -0.2) is 28.0 Å². The lowest BCUT2D eigenvalue weighted by Gasteiger charge is -2.22. The highest BCUT2D eigenvalue weighted by Gasteiger charge is 2.14. The Morgan fingerprint density at radius 2 is 1.61 bits per heavy atom. The number of hydrogen-bond acceptors (Lipinski definition) is 5. The molecule has 0 saturated carbocycles. The Morgan fingerprint density at radius 1 is 0.957 bits per heavy atom. The number of hydrogen-bond donors (Lipinski definition) is 0. The Bertz CT molecular complexity index is 640. The smallest absolute Gasteiger partial charge is 0.237 e. The lowest BCUT2D eigenvalue weighted by atomic mass is 10.2. The van der Waals surface area contributed by atoms with E-state index in [4.69, 9.17) is 0 Å². The van der Waals surface area contributed by atoms with E-state index >= 15 is 0 Å². The van der Waals surface area contributed by atoms with Gasteiger partial charge in [-0.05, 0) is 12.8 Å². The Labute approximate surface area is 138 Å². The van der Waals surface area contributed by atoms with Crippen LogP contribution in [0.2, 0.25) is 0 Å². The Hall–Kier alpha value is -2.48. The van der Waals surface area contributed by atoms with Crippen LogP contribution in [0.25, 0.3) is 11.4 Å². The second kappa shape index (κ2) is 8.84. The molecule has 0 aliphatic heterocycles. The normalized spacial score (nSPS) is 10.3. The van der Waals surface area contributed by atoms with Crippen LogP contribution in [-0.2, 0) is 0 Å². The van der Waals surface area contributed by atoms with Crippen molar-refractivity contribution in [3.8, 4) is 17.5 Å². The molecular weight excluding hydrogens is 286 g/mol. The minimum Gasteiger partial charge on any atom is -0.341 e. The standard InChI is InChI=1S/C18H23N5/c1-3-5-12-23(13-6-4-2)18-21-16(14-19)20-17(22-18)15-10-8-7-9-11-15/h7-11H,3-6,12-13H2,1-2H3. The van der Waals surface area contributed by atoms with Gasteiger partial charge >= 0.3 is 0 Å². The van der Waals surface area contributed by atoms with Crippen molar-refractivity contribution >= 4 is 5.95 Å². The van der Waals surface area contributed by atoms with Gasteiger partial charge in [0.05, 0.1) is 0 Å². The topological polar surface area (TPSA) is 65.7 Å². The summed E-state index contributed by atoms with van der Waals surface area (Å²) < 4.78 is 0. The monoisotopic (exact) mass is 309 g/mol. The van der Waals surface area contributed by atoms with Crippen LogP contribution >= 0.6 is 0 Å². The summed E-state index contributed by atoms with van der Waals surface area (Å²) in [5.74, 6) is 1.34. The van der Waals surface area contributed by atoms with E-state index in [1.165, 1.54) is 0 Å².